The van der Waals surface area contributed by atoms with Gasteiger partial charge >= 0.3 is 0 Å². The summed E-state index contributed by atoms with van der Waals surface area (Å²) < 4.78 is 0. The van der Waals surface area contributed by atoms with Gasteiger partial charge in [-0.25, -0.2) is 4.98 Å². The lowest BCUT2D eigenvalue weighted by Crippen LogP contribution is -2.11. The number of carbonyl (C=O) groups is 1. The molecular weight excluding hydrogens is 398 g/mol. The fourth-order valence-electron chi connectivity index (χ4n) is 3.31. The first-order valence-corrected chi connectivity index (χ1v) is 10.5. The number of nitrogens with one attached hydrogen (secondary N) is 3. The summed E-state index contributed by atoms with van der Waals surface area (Å²) in [5.41, 5.74) is 5.23. The molecule has 0 aliphatic carbocycles. The van der Waals surface area contributed by atoms with E-state index in [0.29, 0.717) is 17.2 Å². The maximum absolute atomic E-state index is 12.6. The van der Waals surface area contributed by atoms with Gasteiger partial charge in [-0.15, -0.1) is 0 Å². The van der Waals surface area contributed by atoms with Crippen LogP contribution in [0.1, 0.15) is 23.0 Å². The van der Waals surface area contributed by atoms with Crippen LogP contribution in [0.2, 0.25) is 0 Å². The van der Waals surface area contributed by atoms with Crippen molar-refractivity contribution < 1.29 is 4.79 Å². The largest absolute Gasteiger partial charge is 0.370 e. The Morgan fingerprint density at radius 1 is 0.812 bits per heavy atom. The smallest absolute Gasteiger partial charge is 0.255 e. The van der Waals surface area contributed by atoms with E-state index in [1.165, 1.54) is 0 Å². The van der Waals surface area contributed by atoms with E-state index in [9.17, 15) is 4.79 Å². The second-order valence-electron chi connectivity index (χ2n) is 7.35. The molecule has 0 saturated carbocycles. The van der Waals surface area contributed by atoms with Crippen LogP contribution in [0.25, 0.3) is 11.1 Å². The van der Waals surface area contributed by atoms with Crippen molar-refractivity contribution >= 4 is 29.0 Å². The molecule has 32 heavy (non-hydrogen) atoms. The average molecular weight is 424 g/mol. The van der Waals surface area contributed by atoms with Crippen LogP contribution in [-0.2, 0) is 0 Å². The third kappa shape index (κ3) is 5.29. The molecule has 6 nitrogen and oxygen atoms in total. The van der Waals surface area contributed by atoms with Crippen molar-refractivity contribution in [2.45, 2.75) is 13.8 Å². The van der Waals surface area contributed by atoms with E-state index in [4.69, 9.17) is 0 Å². The van der Waals surface area contributed by atoms with E-state index in [0.717, 1.165) is 34.9 Å². The molecule has 1 aromatic heterocycles. The summed E-state index contributed by atoms with van der Waals surface area (Å²) in [4.78, 5) is 21.5. The molecule has 0 radical (unpaired) electrons. The minimum Gasteiger partial charge on any atom is -0.370 e. The number of rotatable bonds is 7. The first-order chi connectivity index (χ1) is 15.6. The van der Waals surface area contributed by atoms with Crippen LogP contribution in [0.5, 0.6) is 0 Å². The lowest BCUT2D eigenvalue weighted by atomic mass is 10.0. The molecule has 0 saturated heterocycles. The van der Waals surface area contributed by atoms with Gasteiger partial charge in [-0.05, 0) is 61.4 Å². The molecule has 160 valence electrons. The number of hydrogen-bond acceptors (Lipinski definition) is 5. The van der Waals surface area contributed by atoms with Gasteiger partial charge in [0.15, 0.2) is 0 Å². The zero-order valence-electron chi connectivity index (χ0n) is 18.1. The van der Waals surface area contributed by atoms with Crippen LogP contribution >= 0.6 is 0 Å². The number of carbonyl (C=O) groups excluding carboxylic acids is 1. The molecule has 1 amide bonds. The first kappa shape index (κ1) is 21.1. The Labute approximate surface area is 187 Å². The molecule has 0 spiro atoms. The quantitative estimate of drug-likeness (QED) is 0.346. The molecule has 0 fully saturated rings. The highest BCUT2D eigenvalue weighted by Gasteiger charge is 2.08. The minimum atomic E-state index is -0.150. The lowest BCUT2D eigenvalue weighted by molar-refractivity contribution is 0.102. The van der Waals surface area contributed by atoms with Crippen LogP contribution in [0.15, 0.2) is 84.9 Å². The van der Waals surface area contributed by atoms with E-state index in [1.54, 1.807) is 0 Å². The summed E-state index contributed by atoms with van der Waals surface area (Å²) in [6, 6.07) is 27.0. The molecule has 3 N–H and O–H groups in total. The molecule has 1 heterocycles. The maximum Gasteiger partial charge on any atom is 0.255 e. The standard InChI is InChI=1S/C26H25N5O/c1-3-27-24-17-18(2)28-26(31-24)30-23-15-13-22(14-16-23)29-25(32)21-11-9-20(10-12-21)19-7-5-4-6-8-19/h4-17H,3H2,1-2H3,(H,29,32)(H2,27,28,30,31). The van der Waals surface area contributed by atoms with E-state index in [-0.39, 0.29) is 5.91 Å². The number of hydrogen-bond donors (Lipinski definition) is 3. The first-order valence-electron chi connectivity index (χ1n) is 10.5. The maximum atomic E-state index is 12.6. The van der Waals surface area contributed by atoms with Gasteiger partial charge in [-0.2, -0.15) is 4.98 Å². The summed E-state index contributed by atoms with van der Waals surface area (Å²) in [6.07, 6.45) is 0. The Morgan fingerprint density at radius 3 is 2.16 bits per heavy atom. The number of amides is 1. The molecule has 6 heteroatoms. The van der Waals surface area contributed by atoms with Crippen LogP contribution in [0.4, 0.5) is 23.1 Å². The number of aryl methyl sites for hydroxylation is 1. The monoisotopic (exact) mass is 423 g/mol. The van der Waals surface area contributed by atoms with Gasteiger partial charge in [0.25, 0.3) is 5.91 Å². The van der Waals surface area contributed by atoms with Crippen molar-refractivity contribution in [2.75, 3.05) is 22.5 Å². The normalized spacial score (nSPS) is 10.4. The minimum absolute atomic E-state index is 0.150. The Hall–Kier alpha value is -4.19. The van der Waals surface area contributed by atoms with Gasteiger partial charge in [-0.1, -0.05) is 42.5 Å². The van der Waals surface area contributed by atoms with Crippen molar-refractivity contribution in [3.63, 3.8) is 0 Å². The second-order valence-corrected chi connectivity index (χ2v) is 7.35. The van der Waals surface area contributed by atoms with E-state index < -0.39 is 0 Å². The third-order valence-electron chi connectivity index (χ3n) is 4.87. The zero-order chi connectivity index (χ0) is 22.3. The van der Waals surface area contributed by atoms with E-state index >= 15 is 0 Å². The molecule has 0 aliphatic heterocycles. The van der Waals surface area contributed by atoms with Gasteiger partial charge < -0.3 is 16.0 Å². The van der Waals surface area contributed by atoms with Crippen molar-refractivity contribution in [2.24, 2.45) is 0 Å². The molecule has 3 aromatic carbocycles. The molecular formula is C26H25N5O. The Bertz CT molecular complexity index is 1190. The number of anilines is 4. The molecule has 4 aromatic rings. The second kappa shape index (κ2) is 9.75. The SMILES string of the molecule is CCNc1cc(C)nc(Nc2ccc(NC(=O)c3ccc(-c4ccccc4)cc3)cc2)n1. The highest BCUT2D eigenvalue weighted by molar-refractivity contribution is 6.04. The average Bonchev–Trinajstić information content (AvgIpc) is 2.81. The molecule has 0 bridgehead atoms. The summed E-state index contributed by atoms with van der Waals surface area (Å²) in [5.74, 6) is 1.16. The summed E-state index contributed by atoms with van der Waals surface area (Å²) in [5, 5.41) is 9.33. The molecule has 0 unspecified atom stereocenters. The molecule has 0 aliphatic rings. The highest BCUT2D eigenvalue weighted by Crippen LogP contribution is 2.21. The number of aromatic nitrogens is 2. The number of nitrogens with zero attached hydrogens (tertiary/aromatic N) is 2. The van der Waals surface area contributed by atoms with E-state index in [2.05, 4.69) is 25.9 Å². The lowest BCUT2D eigenvalue weighted by Gasteiger charge is -2.10. The topological polar surface area (TPSA) is 78.9 Å². The summed E-state index contributed by atoms with van der Waals surface area (Å²) in [6.45, 7) is 4.74. The Balaban J connectivity index is 1.40. The fraction of sp³-hybridized carbons (Fsp3) is 0.115. The molecule has 0 atom stereocenters. The summed E-state index contributed by atoms with van der Waals surface area (Å²) in [7, 11) is 0. The predicted octanol–water partition coefficient (Wildman–Crippen LogP) is 5.88. The Morgan fingerprint density at radius 2 is 1.47 bits per heavy atom. The van der Waals surface area contributed by atoms with Gasteiger partial charge in [0.05, 0.1) is 0 Å². The molecule has 4 rings (SSSR count). The Kier molecular flexibility index (Phi) is 6.41. The zero-order valence-corrected chi connectivity index (χ0v) is 18.1. The van der Waals surface area contributed by atoms with Gasteiger partial charge in [0.2, 0.25) is 5.95 Å². The van der Waals surface area contributed by atoms with Crippen LogP contribution in [0.3, 0.4) is 0 Å². The highest BCUT2D eigenvalue weighted by atomic mass is 16.1. The van der Waals surface area contributed by atoms with Crippen LogP contribution in [0, 0.1) is 6.92 Å². The van der Waals surface area contributed by atoms with Gasteiger partial charge in [0, 0.05) is 35.2 Å². The van der Waals surface area contributed by atoms with E-state index in [1.807, 2.05) is 98.8 Å². The van der Waals surface area contributed by atoms with Gasteiger partial charge in [0.1, 0.15) is 5.82 Å². The number of benzene rings is 3. The van der Waals surface area contributed by atoms with Crippen molar-refractivity contribution in [1.82, 2.24) is 9.97 Å². The third-order valence-corrected chi connectivity index (χ3v) is 4.87. The van der Waals surface area contributed by atoms with Gasteiger partial charge in [-0.3, -0.25) is 4.79 Å². The predicted molar refractivity (Wildman–Crippen MR) is 130 cm³/mol. The van der Waals surface area contributed by atoms with Crippen molar-refractivity contribution in [3.8, 4) is 11.1 Å². The van der Waals surface area contributed by atoms with Crippen LogP contribution < -0.4 is 16.0 Å². The van der Waals surface area contributed by atoms with Crippen LogP contribution in [-0.4, -0.2) is 22.4 Å². The summed E-state index contributed by atoms with van der Waals surface area (Å²) >= 11 is 0. The fourth-order valence-corrected chi connectivity index (χ4v) is 3.31. The van der Waals surface area contributed by atoms with Crippen molar-refractivity contribution in [1.29, 1.82) is 0 Å². The van der Waals surface area contributed by atoms with Crippen molar-refractivity contribution in [3.05, 3.63) is 96.2 Å².